The number of fused-ring (bicyclic) bond motifs is 1. The summed E-state index contributed by atoms with van der Waals surface area (Å²) in [5.74, 6) is 0.681. The van der Waals surface area contributed by atoms with Crippen LogP contribution in [0.25, 0.3) is 0 Å². The van der Waals surface area contributed by atoms with Gasteiger partial charge in [0.15, 0.2) is 0 Å². The van der Waals surface area contributed by atoms with Crippen molar-refractivity contribution in [2.45, 2.75) is 38.6 Å². The largest absolute Gasteiger partial charge is 0.349 e. The fraction of sp³-hybridized carbons (Fsp3) is 0.400. The first-order chi connectivity index (χ1) is 9.81. The highest BCUT2D eigenvalue weighted by Gasteiger charge is 2.11. The molecule has 0 unspecified atom stereocenters. The Balaban J connectivity index is 1.58. The molecule has 0 spiro atoms. The van der Waals surface area contributed by atoms with Gasteiger partial charge in [0, 0.05) is 0 Å². The average Bonchev–Trinajstić information content (AvgIpc) is 2.98. The summed E-state index contributed by atoms with van der Waals surface area (Å²) in [5.41, 5.74) is 3.94. The summed E-state index contributed by atoms with van der Waals surface area (Å²) >= 11 is 0. The number of aryl methyl sites for hydroxylation is 2. The van der Waals surface area contributed by atoms with Crippen LogP contribution < -0.4 is 5.32 Å². The van der Waals surface area contributed by atoms with Gasteiger partial charge in [-0.15, -0.1) is 0 Å². The molecule has 20 heavy (non-hydrogen) atoms. The molecule has 0 saturated heterocycles. The number of aromatic nitrogens is 3. The van der Waals surface area contributed by atoms with Crippen molar-refractivity contribution in [3.05, 3.63) is 47.0 Å². The number of carbonyl (C=O) groups excluding carboxylic acids is 1. The molecule has 0 radical (unpaired) electrons. The van der Waals surface area contributed by atoms with Crippen LogP contribution in [0, 0.1) is 0 Å². The highest BCUT2D eigenvalue weighted by atomic mass is 16.1. The third-order valence-corrected chi connectivity index (χ3v) is 3.70. The minimum Gasteiger partial charge on any atom is -0.349 e. The number of amides is 1. The molecule has 0 fully saturated rings. The van der Waals surface area contributed by atoms with Crippen LogP contribution in [0.3, 0.4) is 0 Å². The quantitative estimate of drug-likeness (QED) is 0.885. The van der Waals surface area contributed by atoms with Crippen molar-refractivity contribution < 1.29 is 4.79 Å². The van der Waals surface area contributed by atoms with E-state index in [2.05, 4.69) is 38.7 Å². The van der Waals surface area contributed by atoms with Crippen LogP contribution in [0.2, 0.25) is 0 Å². The molecule has 2 aromatic rings. The van der Waals surface area contributed by atoms with E-state index in [0.717, 1.165) is 12.0 Å². The number of rotatable bonds is 4. The van der Waals surface area contributed by atoms with Crippen molar-refractivity contribution in [2.24, 2.45) is 0 Å². The highest BCUT2D eigenvalue weighted by Crippen LogP contribution is 2.22. The molecule has 0 atom stereocenters. The molecule has 1 aliphatic carbocycles. The lowest BCUT2D eigenvalue weighted by molar-refractivity contribution is -0.120. The van der Waals surface area contributed by atoms with E-state index >= 15 is 0 Å². The first-order valence-corrected chi connectivity index (χ1v) is 7.03. The van der Waals surface area contributed by atoms with Crippen LogP contribution in [0.1, 0.15) is 35.4 Å². The number of hydrogen-bond donors (Lipinski definition) is 2. The Morgan fingerprint density at radius 3 is 2.90 bits per heavy atom. The molecule has 0 bridgehead atoms. The zero-order valence-electron chi connectivity index (χ0n) is 11.4. The van der Waals surface area contributed by atoms with E-state index in [9.17, 15) is 4.79 Å². The van der Waals surface area contributed by atoms with Gasteiger partial charge in [-0.1, -0.05) is 18.2 Å². The second-order valence-electron chi connectivity index (χ2n) is 5.20. The second kappa shape index (κ2) is 5.86. The fourth-order valence-electron chi connectivity index (χ4n) is 2.64. The van der Waals surface area contributed by atoms with Crippen molar-refractivity contribution >= 4 is 5.91 Å². The molecule has 5 heteroatoms. The van der Waals surface area contributed by atoms with Crippen LogP contribution in [0.15, 0.2) is 24.5 Å². The van der Waals surface area contributed by atoms with Gasteiger partial charge in [-0.05, 0) is 42.4 Å². The molecule has 1 heterocycles. The van der Waals surface area contributed by atoms with E-state index in [1.807, 2.05) is 0 Å². The molecule has 104 valence electrons. The van der Waals surface area contributed by atoms with E-state index in [1.165, 1.54) is 36.7 Å². The van der Waals surface area contributed by atoms with Gasteiger partial charge in [-0.25, -0.2) is 4.98 Å². The molecular weight excluding hydrogens is 252 g/mol. The topological polar surface area (TPSA) is 70.7 Å². The minimum atomic E-state index is 0.0113. The SMILES string of the molecule is O=C(Cc1ccc2c(c1)CCCC2)NCc1ncn[nH]1. The molecule has 3 rings (SSSR count). The minimum absolute atomic E-state index is 0.0113. The first kappa shape index (κ1) is 12.8. The highest BCUT2D eigenvalue weighted by molar-refractivity contribution is 5.78. The van der Waals surface area contributed by atoms with Crippen molar-refractivity contribution in [3.8, 4) is 0 Å². The van der Waals surface area contributed by atoms with E-state index in [4.69, 9.17) is 0 Å². The molecule has 1 amide bonds. The zero-order chi connectivity index (χ0) is 13.8. The number of benzene rings is 1. The summed E-state index contributed by atoms with van der Waals surface area (Å²) in [6.07, 6.45) is 6.71. The number of nitrogens with zero attached hydrogens (tertiary/aromatic N) is 2. The Morgan fingerprint density at radius 2 is 2.10 bits per heavy atom. The number of carbonyl (C=O) groups is 1. The van der Waals surface area contributed by atoms with Crippen LogP contribution in [0.5, 0.6) is 0 Å². The molecule has 1 aromatic heterocycles. The maximum absolute atomic E-state index is 11.9. The van der Waals surface area contributed by atoms with E-state index in [-0.39, 0.29) is 5.91 Å². The molecule has 2 N–H and O–H groups in total. The summed E-state index contributed by atoms with van der Waals surface area (Å²) in [6.45, 7) is 0.393. The number of nitrogens with one attached hydrogen (secondary N) is 2. The van der Waals surface area contributed by atoms with Crippen LogP contribution in [-0.2, 0) is 30.6 Å². The molecule has 5 nitrogen and oxygen atoms in total. The molecular formula is C15H18N4O. The van der Waals surface area contributed by atoms with Crippen LogP contribution in [-0.4, -0.2) is 21.1 Å². The Labute approximate surface area is 117 Å². The fourth-order valence-corrected chi connectivity index (χ4v) is 2.64. The average molecular weight is 270 g/mol. The Bertz CT molecular complexity index is 592. The lowest BCUT2D eigenvalue weighted by atomic mass is 9.90. The zero-order valence-corrected chi connectivity index (χ0v) is 11.4. The van der Waals surface area contributed by atoms with E-state index in [1.54, 1.807) is 0 Å². The van der Waals surface area contributed by atoms with Crippen molar-refractivity contribution in [3.63, 3.8) is 0 Å². The lowest BCUT2D eigenvalue weighted by Crippen LogP contribution is -2.25. The van der Waals surface area contributed by atoms with Gasteiger partial charge < -0.3 is 5.32 Å². The van der Waals surface area contributed by atoms with Crippen LogP contribution in [0.4, 0.5) is 0 Å². The molecule has 0 aliphatic heterocycles. The summed E-state index contributed by atoms with van der Waals surface area (Å²) < 4.78 is 0. The summed E-state index contributed by atoms with van der Waals surface area (Å²) in [4.78, 5) is 15.9. The van der Waals surface area contributed by atoms with Crippen LogP contribution >= 0.6 is 0 Å². The van der Waals surface area contributed by atoms with Gasteiger partial charge in [0.2, 0.25) is 5.91 Å². The smallest absolute Gasteiger partial charge is 0.224 e. The maximum Gasteiger partial charge on any atom is 0.224 e. The third kappa shape index (κ3) is 3.04. The van der Waals surface area contributed by atoms with Crippen molar-refractivity contribution in [1.29, 1.82) is 0 Å². The molecule has 1 aliphatic rings. The molecule has 0 saturated carbocycles. The predicted octanol–water partition coefficient (Wildman–Crippen LogP) is 1.54. The van der Waals surface area contributed by atoms with Gasteiger partial charge in [0.05, 0.1) is 13.0 Å². The normalized spacial score (nSPS) is 13.8. The van der Waals surface area contributed by atoms with Gasteiger partial charge >= 0.3 is 0 Å². The van der Waals surface area contributed by atoms with Gasteiger partial charge in [0.1, 0.15) is 12.2 Å². The standard InChI is InChI=1S/C15H18N4O/c20-15(16-9-14-17-10-18-19-14)8-11-5-6-12-3-1-2-4-13(12)7-11/h5-7,10H,1-4,8-9H2,(H,16,20)(H,17,18,19). The summed E-state index contributed by atoms with van der Waals surface area (Å²) in [5, 5.41) is 9.31. The van der Waals surface area contributed by atoms with Gasteiger partial charge in [-0.3, -0.25) is 9.89 Å². The first-order valence-electron chi connectivity index (χ1n) is 7.03. The maximum atomic E-state index is 11.9. The van der Waals surface area contributed by atoms with E-state index in [0.29, 0.717) is 18.8 Å². The summed E-state index contributed by atoms with van der Waals surface area (Å²) in [7, 11) is 0. The Morgan fingerprint density at radius 1 is 1.25 bits per heavy atom. The van der Waals surface area contributed by atoms with Crippen molar-refractivity contribution in [1.82, 2.24) is 20.5 Å². The molecule has 1 aromatic carbocycles. The number of hydrogen-bond acceptors (Lipinski definition) is 3. The third-order valence-electron chi connectivity index (χ3n) is 3.70. The predicted molar refractivity (Wildman–Crippen MR) is 75.0 cm³/mol. The van der Waals surface area contributed by atoms with Gasteiger partial charge in [0.25, 0.3) is 0 Å². The second-order valence-corrected chi connectivity index (χ2v) is 5.20. The van der Waals surface area contributed by atoms with E-state index < -0.39 is 0 Å². The summed E-state index contributed by atoms with van der Waals surface area (Å²) in [6, 6.07) is 6.42. The Kier molecular flexibility index (Phi) is 3.76. The monoisotopic (exact) mass is 270 g/mol. The Hall–Kier alpha value is -2.17. The number of aromatic amines is 1. The lowest BCUT2D eigenvalue weighted by Gasteiger charge is -2.16. The van der Waals surface area contributed by atoms with Crippen molar-refractivity contribution in [2.75, 3.05) is 0 Å². The number of H-pyrrole nitrogens is 1. The van der Waals surface area contributed by atoms with Gasteiger partial charge in [-0.2, -0.15) is 5.10 Å².